The van der Waals surface area contributed by atoms with Crippen LogP contribution in [0.2, 0.25) is 0 Å². The molecule has 0 radical (unpaired) electrons. The molecule has 0 aliphatic heterocycles. The molecule has 1 aliphatic rings. The van der Waals surface area contributed by atoms with Crippen LogP contribution in [-0.4, -0.2) is 24.9 Å². The van der Waals surface area contributed by atoms with E-state index in [0.29, 0.717) is 0 Å². The molecule has 1 aromatic carbocycles. The van der Waals surface area contributed by atoms with E-state index in [2.05, 4.69) is 22.3 Å². The van der Waals surface area contributed by atoms with Gasteiger partial charge in [0.1, 0.15) is 0 Å². The second kappa shape index (κ2) is 6.01. The Kier molecular flexibility index (Phi) is 4.37. The quantitative estimate of drug-likeness (QED) is 0.886. The summed E-state index contributed by atoms with van der Waals surface area (Å²) >= 11 is 0. The summed E-state index contributed by atoms with van der Waals surface area (Å²) in [4.78, 5) is 14.1. The number of benzene rings is 1. The molecule has 3 heteroatoms. The number of amides is 1. The van der Waals surface area contributed by atoms with Gasteiger partial charge in [-0.15, -0.1) is 0 Å². The van der Waals surface area contributed by atoms with Gasteiger partial charge in [-0.25, -0.2) is 0 Å². The first-order chi connectivity index (χ1) is 8.65. The van der Waals surface area contributed by atoms with Crippen LogP contribution in [-0.2, 0) is 11.3 Å². The fourth-order valence-electron chi connectivity index (χ4n) is 2.54. The van der Waals surface area contributed by atoms with Gasteiger partial charge in [0.25, 0.3) is 0 Å². The van der Waals surface area contributed by atoms with Crippen molar-refractivity contribution in [3.05, 3.63) is 29.8 Å². The minimum Gasteiger partial charge on any atom is -0.326 e. The number of hydrogen-bond donors (Lipinski definition) is 1. The Labute approximate surface area is 109 Å². The topological polar surface area (TPSA) is 32.3 Å². The average molecular weight is 246 g/mol. The number of rotatable bonds is 4. The van der Waals surface area contributed by atoms with Crippen LogP contribution >= 0.6 is 0 Å². The molecule has 0 heterocycles. The molecule has 3 nitrogen and oxygen atoms in total. The standard InChI is InChI=1S/C15H22N2O/c1-17(2)11-12-6-5-9-14(10-12)16-15(18)13-7-3-4-8-13/h5-6,9-10,13H,3-4,7-8,11H2,1-2H3,(H,16,18). The van der Waals surface area contributed by atoms with E-state index in [1.807, 2.05) is 26.2 Å². The minimum absolute atomic E-state index is 0.189. The Bertz CT molecular complexity index is 409. The molecule has 1 saturated carbocycles. The van der Waals surface area contributed by atoms with E-state index in [0.717, 1.165) is 25.1 Å². The van der Waals surface area contributed by atoms with E-state index < -0.39 is 0 Å². The number of anilines is 1. The summed E-state index contributed by atoms with van der Waals surface area (Å²) in [6.07, 6.45) is 4.48. The summed E-state index contributed by atoms with van der Waals surface area (Å²) < 4.78 is 0. The van der Waals surface area contributed by atoms with Gasteiger partial charge in [-0.05, 0) is 44.6 Å². The van der Waals surface area contributed by atoms with Gasteiger partial charge in [-0.1, -0.05) is 25.0 Å². The van der Waals surface area contributed by atoms with Crippen LogP contribution in [0.4, 0.5) is 5.69 Å². The second-order valence-corrected chi connectivity index (χ2v) is 5.41. The molecule has 1 amide bonds. The number of nitrogens with one attached hydrogen (secondary N) is 1. The highest BCUT2D eigenvalue weighted by atomic mass is 16.1. The lowest BCUT2D eigenvalue weighted by molar-refractivity contribution is -0.119. The van der Waals surface area contributed by atoms with E-state index >= 15 is 0 Å². The minimum atomic E-state index is 0.189. The van der Waals surface area contributed by atoms with Gasteiger partial charge in [0.05, 0.1) is 0 Å². The molecule has 0 spiro atoms. The third-order valence-electron chi connectivity index (χ3n) is 3.42. The molecule has 1 aliphatic carbocycles. The van der Waals surface area contributed by atoms with Crippen LogP contribution in [0.1, 0.15) is 31.2 Å². The number of nitrogens with zero attached hydrogens (tertiary/aromatic N) is 1. The van der Waals surface area contributed by atoms with Gasteiger partial charge in [-0.3, -0.25) is 4.79 Å². The van der Waals surface area contributed by atoms with E-state index in [4.69, 9.17) is 0 Å². The molecule has 0 bridgehead atoms. The molecule has 1 N–H and O–H groups in total. The van der Waals surface area contributed by atoms with Crippen LogP contribution in [0.25, 0.3) is 0 Å². The van der Waals surface area contributed by atoms with Gasteiger partial charge >= 0.3 is 0 Å². The lowest BCUT2D eigenvalue weighted by atomic mass is 10.1. The summed E-state index contributed by atoms with van der Waals surface area (Å²) in [5, 5.41) is 3.04. The van der Waals surface area contributed by atoms with Gasteiger partial charge in [0.15, 0.2) is 0 Å². The van der Waals surface area contributed by atoms with E-state index in [1.54, 1.807) is 0 Å². The fraction of sp³-hybridized carbons (Fsp3) is 0.533. The highest BCUT2D eigenvalue weighted by Crippen LogP contribution is 2.26. The van der Waals surface area contributed by atoms with Crippen molar-refractivity contribution in [2.24, 2.45) is 5.92 Å². The predicted molar refractivity (Wildman–Crippen MR) is 74.4 cm³/mol. The maximum atomic E-state index is 12.0. The Hall–Kier alpha value is -1.35. The van der Waals surface area contributed by atoms with E-state index in [9.17, 15) is 4.79 Å². The number of hydrogen-bond acceptors (Lipinski definition) is 2. The lowest BCUT2D eigenvalue weighted by Gasteiger charge is -2.13. The van der Waals surface area contributed by atoms with Gasteiger partial charge in [0.2, 0.25) is 5.91 Å². The van der Waals surface area contributed by atoms with E-state index in [-0.39, 0.29) is 11.8 Å². The summed E-state index contributed by atoms with van der Waals surface area (Å²) in [7, 11) is 4.09. The van der Waals surface area contributed by atoms with Crippen LogP contribution in [0, 0.1) is 5.92 Å². The molecular weight excluding hydrogens is 224 g/mol. The molecule has 1 aromatic rings. The Morgan fingerprint density at radius 2 is 2.06 bits per heavy atom. The Morgan fingerprint density at radius 3 is 2.72 bits per heavy atom. The summed E-state index contributed by atoms with van der Waals surface area (Å²) in [5.41, 5.74) is 2.15. The van der Waals surface area contributed by atoms with Crippen molar-refractivity contribution in [3.8, 4) is 0 Å². The average Bonchev–Trinajstić information content (AvgIpc) is 2.81. The summed E-state index contributed by atoms with van der Waals surface area (Å²) in [6.45, 7) is 0.896. The van der Waals surface area contributed by atoms with Crippen LogP contribution in [0.3, 0.4) is 0 Å². The molecule has 2 rings (SSSR count). The zero-order chi connectivity index (χ0) is 13.0. The molecule has 98 valence electrons. The predicted octanol–water partition coefficient (Wildman–Crippen LogP) is 2.88. The van der Waals surface area contributed by atoms with Crippen molar-refractivity contribution < 1.29 is 4.79 Å². The SMILES string of the molecule is CN(C)Cc1cccc(NC(=O)C2CCCC2)c1. The van der Waals surface area contributed by atoms with Crippen molar-refractivity contribution >= 4 is 11.6 Å². The van der Waals surface area contributed by atoms with E-state index in [1.165, 1.54) is 18.4 Å². The van der Waals surface area contributed by atoms with Crippen molar-refractivity contribution in [2.45, 2.75) is 32.2 Å². The first-order valence-corrected chi connectivity index (χ1v) is 6.69. The molecule has 18 heavy (non-hydrogen) atoms. The van der Waals surface area contributed by atoms with Crippen molar-refractivity contribution in [1.29, 1.82) is 0 Å². The number of carbonyl (C=O) groups excluding carboxylic acids is 1. The summed E-state index contributed by atoms with van der Waals surface area (Å²) in [6, 6.07) is 8.12. The van der Waals surface area contributed by atoms with Crippen molar-refractivity contribution in [1.82, 2.24) is 4.90 Å². The third-order valence-corrected chi connectivity index (χ3v) is 3.42. The summed E-state index contributed by atoms with van der Waals surface area (Å²) in [5.74, 6) is 0.414. The Morgan fingerprint density at radius 1 is 1.33 bits per heavy atom. The highest BCUT2D eigenvalue weighted by Gasteiger charge is 2.22. The first-order valence-electron chi connectivity index (χ1n) is 6.69. The second-order valence-electron chi connectivity index (χ2n) is 5.41. The van der Waals surface area contributed by atoms with Crippen LogP contribution in [0.5, 0.6) is 0 Å². The molecular formula is C15H22N2O. The van der Waals surface area contributed by atoms with Crippen molar-refractivity contribution in [2.75, 3.05) is 19.4 Å². The zero-order valence-electron chi connectivity index (χ0n) is 11.3. The first kappa shape index (κ1) is 13.1. The van der Waals surface area contributed by atoms with Crippen molar-refractivity contribution in [3.63, 3.8) is 0 Å². The highest BCUT2D eigenvalue weighted by molar-refractivity contribution is 5.92. The lowest BCUT2D eigenvalue weighted by Crippen LogP contribution is -2.20. The molecule has 0 saturated heterocycles. The van der Waals surface area contributed by atoms with Gasteiger partial charge < -0.3 is 10.2 Å². The monoisotopic (exact) mass is 246 g/mol. The third kappa shape index (κ3) is 3.57. The normalized spacial score (nSPS) is 16.2. The van der Waals surface area contributed by atoms with Gasteiger partial charge in [-0.2, -0.15) is 0 Å². The molecule has 0 atom stereocenters. The van der Waals surface area contributed by atoms with Crippen LogP contribution < -0.4 is 5.32 Å². The molecule has 1 fully saturated rings. The number of carbonyl (C=O) groups is 1. The fourth-order valence-corrected chi connectivity index (χ4v) is 2.54. The smallest absolute Gasteiger partial charge is 0.227 e. The Balaban J connectivity index is 1.97. The van der Waals surface area contributed by atoms with Gasteiger partial charge in [0, 0.05) is 18.2 Å². The molecule has 0 aromatic heterocycles. The van der Waals surface area contributed by atoms with Crippen LogP contribution in [0.15, 0.2) is 24.3 Å². The largest absolute Gasteiger partial charge is 0.326 e. The maximum absolute atomic E-state index is 12.0. The molecule has 0 unspecified atom stereocenters. The zero-order valence-corrected chi connectivity index (χ0v) is 11.3. The maximum Gasteiger partial charge on any atom is 0.227 e.